The number of piperidine rings is 1. The summed E-state index contributed by atoms with van der Waals surface area (Å²) >= 11 is 3.36. The van der Waals surface area contributed by atoms with E-state index in [1.165, 1.54) is 20.0 Å². The highest BCUT2D eigenvalue weighted by Gasteiger charge is 2.24. The van der Waals surface area contributed by atoms with E-state index in [1.807, 2.05) is 0 Å². The van der Waals surface area contributed by atoms with Crippen molar-refractivity contribution >= 4 is 21.9 Å². The minimum atomic E-state index is -0.220. The fourth-order valence-corrected chi connectivity index (χ4v) is 2.68. The van der Waals surface area contributed by atoms with Crippen LogP contribution in [0.4, 0.5) is 0 Å². The van der Waals surface area contributed by atoms with Gasteiger partial charge < -0.3 is 14.5 Å². The highest BCUT2D eigenvalue weighted by molar-refractivity contribution is 9.10. The molecule has 1 aliphatic heterocycles. The molecule has 5 heteroatoms. The third-order valence-corrected chi connectivity index (χ3v) is 3.88. The van der Waals surface area contributed by atoms with Crippen LogP contribution in [0, 0.1) is 0 Å². The largest absolute Gasteiger partial charge is 0.468 e. The van der Waals surface area contributed by atoms with E-state index < -0.39 is 0 Å². The Morgan fingerprint density at radius 2 is 2.12 bits per heavy atom. The summed E-state index contributed by atoms with van der Waals surface area (Å²) in [5, 5.41) is 0. The van der Waals surface area contributed by atoms with Gasteiger partial charge in [-0.25, -0.2) is 0 Å². The first-order valence-electron chi connectivity index (χ1n) is 5.65. The summed E-state index contributed by atoms with van der Waals surface area (Å²) in [6.07, 6.45) is 2.35. The van der Waals surface area contributed by atoms with Crippen LogP contribution < -0.4 is 0 Å². The van der Waals surface area contributed by atoms with Crippen molar-refractivity contribution in [1.29, 1.82) is 0 Å². The molecule has 0 N–H and O–H groups in total. The molecular weight excluding hydrogens is 272 g/mol. The van der Waals surface area contributed by atoms with Gasteiger partial charge in [-0.05, 0) is 40.0 Å². The summed E-state index contributed by atoms with van der Waals surface area (Å²) in [5.74, 6) is -0.195. The lowest BCUT2D eigenvalue weighted by Gasteiger charge is -2.35. The molecule has 1 aliphatic rings. The van der Waals surface area contributed by atoms with E-state index in [1.54, 1.807) is 0 Å². The summed E-state index contributed by atoms with van der Waals surface area (Å²) in [6.45, 7) is 2.99. The quantitative estimate of drug-likeness (QED) is 0.571. The van der Waals surface area contributed by atoms with Gasteiger partial charge in [0.1, 0.15) is 4.83 Å². The summed E-state index contributed by atoms with van der Waals surface area (Å²) < 4.78 is 4.70. The third kappa shape index (κ3) is 4.03. The predicted octanol–water partition coefficient (Wildman–Crippen LogP) is 0.949. The Morgan fingerprint density at radius 3 is 2.62 bits per heavy atom. The van der Waals surface area contributed by atoms with E-state index in [0.29, 0.717) is 12.6 Å². The highest BCUT2D eigenvalue weighted by Crippen LogP contribution is 2.16. The number of halogens is 1. The molecule has 1 rings (SSSR count). The van der Waals surface area contributed by atoms with Crippen molar-refractivity contribution in [3.63, 3.8) is 0 Å². The average molecular weight is 293 g/mol. The number of esters is 1. The van der Waals surface area contributed by atoms with Gasteiger partial charge >= 0.3 is 5.97 Å². The second kappa shape index (κ2) is 6.57. The zero-order valence-corrected chi connectivity index (χ0v) is 11.9. The Balaban J connectivity index is 2.34. The number of nitrogens with zero attached hydrogens (tertiary/aromatic N) is 2. The summed E-state index contributed by atoms with van der Waals surface area (Å²) in [5.41, 5.74) is 0. The van der Waals surface area contributed by atoms with E-state index in [2.05, 4.69) is 39.8 Å². The minimum absolute atomic E-state index is 0.195. The molecule has 1 unspecified atom stereocenters. The Bertz CT molecular complexity index is 230. The molecule has 0 aliphatic carbocycles. The molecule has 1 fully saturated rings. The first-order chi connectivity index (χ1) is 7.54. The van der Waals surface area contributed by atoms with Crippen LogP contribution in [0.3, 0.4) is 0 Å². The van der Waals surface area contributed by atoms with E-state index in [4.69, 9.17) is 4.74 Å². The molecule has 0 radical (unpaired) electrons. The Labute approximate surface area is 106 Å². The molecule has 1 saturated heterocycles. The van der Waals surface area contributed by atoms with Gasteiger partial charge in [0.05, 0.1) is 7.11 Å². The van der Waals surface area contributed by atoms with Gasteiger partial charge in [0.2, 0.25) is 0 Å². The molecular formula is C11H21BrN2O2. The fourth-order valence-electron chi connectivity index (χ4n) is 2.04. The predicted molar refractivity (Wildman–Crippen MR) is 67.9 cm³/mol. The van der Waals surface area contributed by atoms with Crippen molar-refractivity contribution in [3.8, 4) is 0 Å². The van der Waals surface area contributed by atoms with Gasteiger partial charge in [0.15, 0.2) is 0 Å². The first-order valence-corrected chi connectivity index (χ1v) is 6.57. The second-order valence-corrected chi connectivity index (χ2v) is 5.57. The number of carbonyl (C=O) groups excluding carboxylic acids is 1. The lowest BCUT2D eigenvalue weighted by Crippen LogP contribution is -2.44. The maximum Gasteiger partial charge on any atom is 0.320 e. The van der Waals surface area contributed by atoms with Crippen molar-refractivity contribution in [2.24, 2.45) is 0 Å². The van der Waals surface area contributed by atoms with E-state index >= 15 is 0 Å². The van der Waals surface area contributed by atoms with Crippen LogP contribution in [0.15, 0.2) is 0 Å². The minimum Gasteiger partial charge on any atom is -0.468 e. The SMILES string of the molecule is COC(=O)C(Br)CN(C)C1CCN(C)CC1. The van der Waals surface area contributed by atoms with E-state index in [-0.39, 0.29) is 10.8 Å². The van der Waals surface area contributed by atoms with Crippen LogP contribution in [0.25, 0.3) is 0 Å². The Kier molecular flexibility index (Phi) is 5.72. The second-order valence-electron chi connectivity index (χ2n) is 4.46. The number of hydrogen-bond donors (Lipinski definition) is 0. The van der Waals surface area contributed by atoms with Crippen molar-refractivity contribution in [2.45, 2.75) is 23.7 Å². The van der Waals surface area contributed by atoms with E-state index in [0.717, 1.165) is 13.1 Å². The molecule has 0 bridgehead atoms. The summed E-state index contributed by atoms with van der Waals surface area (Å²) in [6, 6.07) is 0.584. The van der Waals surface area contributed by atoms with Gasteiger partial charge in [-0.15, -0.1) is 0 Å². The van der Waals surface area contributed by atoms with Gasteiger partial charge in [-0.3, -0.25) is 4.79 Å². The zero-order chi connectivity index (χ0) is 12.1. The van der Waals surface area contributed by atoms with Crippen LogP contribution in [0.2, 0.25) is 0 Å². The fraction of sp³-hybridized carbons (Fsp3) is 0.909. The summed E-state index contributed by atoms with van der Waals surface area (Å²) in [7, 11) is 5.65. The standard InChI is InChI=1S/C11H21BrN2O2/c1-13-6-4-9(5-7-13)14(2)8-10(12)11(15)16-3/h9-10H,4-8H2,1-3H3. The first kappa shape index (κ1) is 13.9. The maximum atomic E-state index is 11.3. The Hall–Kier alpha value is -0.130. The van der Waals surface area contributed by atoms with Crippen LogP contribution in [0.1, 0.15) is 12.8 Å². The topological polar surface area (TPSA) is 32.8 Å². The molecule has 0 spiro atoms. The number of alkyl halides is 1. The number of hydrogen-bond acceptors (Lipinski definition) is 4. The zero-order valence-electron chi connectivity index (χ0n) is 10.3. The molecule has 16 heavy (non-hydrogen) atoms. The number of carbonyl (C=O) groups is 1. The van der Waals surface area contributed by atoms with Gasteiger partial charge in [-0.2, -0.15) is 0 Å². The molecule has 4 nitrogen and oxygen atoms in total. The molecule has 0 amide bonds. The molecule has 1 atom stereocenters. The van der Waals surface area contributed by atoms with Crippen LogP contribution >= 0.6 is 15.9 Å². The molecule has 0 saturated carbocycles. The van der Waals surface area contributed by atoms with Crippen LogP contribution in [0.5, 0.6) is 0 Å². The normalized spacial score (nSPS) is 21.1. The molecule has 0 aromatic rings. The molecule has 0 aromatic carbocycles. The van der Waals surface area contributed by atoms with Gasteiger partial charge in [0, 0.05) is 12.6 Å². The van der Waals surface area contributed by atoms with Crippen molar-refractivity contribution in [2.75, 3.05) is 40.8 Å². The maximum absolute atomic E-state index is 11.3. The van der Waals surface area contributed by atoms with Gasteiger partial charge in [0.25, 0.3) is 0 Å². The number of methoxy groups -OCH3 is 1. The molecule has 0 aromatic heterocycles. The number of likely N-dealkylation sites (tertiary alicyclic amines) is 1. The lowest BCUT2D eigenvalue weighted by atomic mass is 10.0. The van der Waals surface area contributed by atoms with Crippen LogP contribution in [-0.4, -0.2) is 67.5 Å². The third-order valence-electron chi connectivity index (χ3n) is 3.22. The average Bonchev–Trinajstić information content (AvgIpc) is 2.28. The highest BCUT2D eigenvalue weighted by atomic mass is 79.9. The van der Waals surface area contributed by atoms with Crippen LogP contribution in [-0.2, 0) is 9.53 Å². The molecule has 1 heterocycles. The van der Waals surface area contributed by atoms with Crippen molar-refractivity contribution in [1.82, 2.24) is 9.80 Å². The monoisotopic (exact) mass is 292 g/mol. The lowest BCUT2D eigenvalue weighted by molar-refractivity contribution is -0.140. The number of rotatable bonds is 4. The summed E-state index contributed by atoms with van der Waals surface area (Å²) in [4.78, 5) is 15.7. The van der Waals surface area contributed by atoms with Crippen molar-refractivity contribution < 1.29 is 9.53 Å². The van der Waals surface area contributed by atoms with Gasteiger partial charge in [-0.1, -0.05) is 15.9 Å². The number of ether oxygens (including phenoxy) is 1. The molecule has 94 valence electrons. The Morgan fingerprint density at radius 1 is 1.56 bits per heavy atom. The van der Waals surface area contributed by atoms with Crippen molar-refractivity contribution in [3.05, 3.63) is 0 Å². The smallest absolute Gasteiger partial charge is 0.320 e. The van der Waals surface area contributed by atoms with E-state index in [9.17, 15) is 4.79 Å².